The molecule has 138 valence electrons. The van der Waals surface area contributed by atoms with Gasteiger partial charge in [-0.15, -0.1) is 0 Å². The van der Waals surface area contributed by atoms with Crippen molar-refractivity contribution < 1.29 is 18.3 Å². The van der Waals surface area contributed by atoms with E-state index in [4.69, 9.17) is 16.2 Å². The summed E-state index contributed by atoms with van der Waals surface area (Å²) in [5.41, 5.74) is 8.34. The van der Waals surface area contributed by atoms with E-state index in [0.717, 1.165) is 11.3 Å². The fourth-order valence-corrected chi connectivity index (χ4v) is 3.55. The van der Waals surface area contributed by atoms with Crippen LogP contribution in [0.4, 0.5) is 0 Å². The molecule has 2 aromatic carbocycles. The SMILES string of the molecule is N=C(N)c1ccc(-c2cnc(-c3ccc(S(=O)(=O)CC(=O)O)cc3)[nH]2)cc1. The number of nitrogens with one attached hydrogen (secondary N) is 2. The van der Waals surface area contributed by atoms with Crippen LogP contribution in [0.5, 0.6) is 0 Å². The number of aromatic amines is 1. The molecule has 1 heterocycles. The van der Waals surface area contributed by atoms with Crippen molar-refractivity contribution in [3.8, 4) is 22.6 Å². The standard InChI is InChI=1S/C18H16N4O4S/c19-17(20)12-3-1-11(2-4-12)15-9-21-18(22-15)13-5-7-14(8-6-13)27(25,26)10-16(23)24/h1-9H,10H2,(H3,19,20)(H,21,22)(H,23,24). The first-order chi connectivity index (χ1) is 12.8. The number of carboxylic acid groups (broad SMARTS) is 1. The van der Waals surface area contributed by atoms with Gasteiger partial charge in [-0.25, -0.2) is 13.4 Å². The number of imidazole rings is 1. The van der Waals surface area contributed by atoms with Gasteiger partial charge in [0.2, 0.25) is 0 Å². The molecule has 0 unspecified atom stereocenters. The Kier molecular flexibility index (Phi) is 4.78. The molecule has 1 aromatic heterocycles. The van der Waals surface area contributed by atoms with E-state index in [1.54, 1.807) is 30.5 Å². The molecule has 0 aliphatic carbocycles. The Balaban J connectivity index is 1.84. The number of hydrogen-bond acceptors (Lipinski definition) is 5. The summed E-state index contributed by atoms with van der Waals surface area (Å²) >= 11 is 0. The Morgan fingerprint density at radius 3 is 2.22 bits per heavy atom. The highest BCUT2D eigenvalue weighted by Gasteiger charge is 2.18. The minimum absolute atomic E-state index is 0.00945. The summed E-state index contributed by atoms with van der Waals surface area (Å²) in [7, 11) is -3.87. The first-order valence-electron chi connectivity index (χ1n) is 7.81. The van der Waals surface area contributed by atoms with Crippen LogP contribution in [0.1, 0.15) is 5.56 Å². The van der Waals surface area contributed by atoms with E-state index >= 15 is 0 Å². The lowest BCUT2D eigenvalue weighted by Crippen LogP contribution is -2.15. The van der Waals surface area contributed by atoms with Crippen molar-refractivity contribution in [3.05, 3.63) is 60.3 Å². The summed E-state index contributed by atoms with van der Waals surface area (Å²) in [6, 6.07) is 13.0. The van der Waals surface area contributed by atoms with Gasteiger partial charge in [0.05, 0.1) is 16.8 Å². The molecule has 27 heavy (non-hydrogen) atoms. The number of amidine groups is 1. The number of benzene rings is 2. The smallest absolute Gasteiger partial charge is 0.319 e. The normalized spacial score (nSPS) is 11.3. The van der Waals surface area contributed by atoms with Gasteiger partial charge in [-0.2, -0.15) is 0 Å². The Bertz CT molecular complexity index is 1100. The molecule has 0 aliphatic heterocycles. The summed E-state index contributed by atoms with van der Waals surface area (Å²) in [5.74, 6) is -1.81. The molecule has 0 bridgehead atoms. The van der Waals surface area contributed by atoms with Crippen molar-refractivity contribution in [3.63, 3.8) is 0 Å². The molecule has 0 radical (unpaired) electrons. The minimum atomic E-state index is -3.87. The minimum Gasteiger partial charge on any atom is -0.480 e. The van der Waals surface area contributed by atoms with E-state index < -0.39 is 21.6 Å². The fourth-order valence-electron chi connectivity index (χ4n) is 2.51. The Hall–Kier alpha value is -3.46. The van der Waals surface area contributed by atoms with E-state index in [9.17, 15) is 13.2 Å². The Morgan fingerprint density at radius 2 is 1.67 bits per heavy atom. The molecule has 9 heteroatoms. The van der Waals surface area contributed by atoms with Crippen molar-refractivity contribution in [2.75, 3.05) is 5.75 Å². The lowest BCUT2D eigenvalue weighted by molar-refractivity contribution is -0.134. The molecule has 0 spiro atoms. The maximum atomic E-state index is 11.9. The highest BCUT2D eigenvalue weighted by Crippen LogP contribution is 2.24. The maximum Gasteiger partial charge on any atom is 0.319 e. The van der Waals surface area contributed by atoms with Gasteiger partial charge >= 0.3 is 5.97 Å². The molecule has 0 saturated heterocycles. The zero-order valence-electron chi connectivity index (χ0n) is 14.0. The van der Waals surface area contributed by atoms with Gasteiger partial charge in [-0.3, -0.25) is 10.2 Å². The molecular weight excluding hydrogens is 368 g/mol. The molecule has 3 rings (SSSR count). The number of carbonyl (C=O) groups is 1. The Morgan fingerprint density at radius 1 is 1.07 bits per heavy atom. The lowest BCUT2D eigenvalue weighted by Gasteiger charge is -2.03. The zero-order chi connectivity index (χ0) is 19.6. The number of nitrogens with two attached hydrogens (primary N) is 1. The first-order valence-corrected chi connectivity index (χ1v) is 9.46. The van der Waals surface area contributed by atoms with Gasteiger partial charge in [-0.05, 0) is 29.8 Å². The van der Waals surface area contributed by atoms with E-state index in [1.807, 2.05) is 12.1 Å². The second-order valence-electron chi connectivity index (χ2n) is 5.81. The first kappa shape index (κ1) is 18.3. The van der Waals surface area contributed by atoms with Gasteiger partial charge in [-0.1, -0.05) is 24.3 Å². The topological polar surface area (TPSA) is 150 Å². The van der Waals surface area contributed by atoms with Crippen LogP contribution in [0.3, 0.4) is 0 Å². The number of rotatable bonds is 6. The van der Waals surface area contributed by atoms with Crippen LogP contribution in [-0.4, -0.2) is 41.1 Å². The largest absolute Gasteiger partial charge is 0.480 e. The number of carboxylic acids is 1. The number of nitrogens with zero attached hydrogens (tertiary/aromatic N) is 1. The molecule has 8 nitrogen and oxygen atoms in total. The van der Waals surface area contributed by atoms with E-state index in [0.29, 0.717) is 17.0 Å². The molecular formula is C18H16N4O4S. The number of aliphatic carboxylic acids is 1. The molecule has 3 aromatic rings. The second kappa shape index (κ2) is 7.04. The Labute approximate surface area is 155 Å². The summed E-state index contributed by atoms with van der Waals surface area (Å²) in [6.07, 6.45) is 1.65. The van der Waals surface area contributed by atoms with Crippen molar-refractivity contribution in [1.82, 2.24) is 9.97 Å². The van der Waals surface area contributed by atoms with Gasteiger partial charge in [0.25, 0.3) is 0 Å². The van der Waals surface area contributed by atoms with Gasteiger partial charge in [0, 0.05) is 11.1 Å². The zero-order valence-corrected chi connectivity index (χ0v) is 14.8. The van der Waals surface area contributed by atoms with Crippen LogP contribution >= 0.6 is 0 Å². The summed E-state index contributed by atoms with van der Waals surface area (Å²) in [6.45, 7) is 0. The van der Waals surface area contributed by atoms with Crippen LogP contribution < -0.4 is 5.73 Å². The quantitative estimate of drug-likeness (QED) is 0.376. The highest BCUT2D eigenvalue weighted by molar-refractivity contribution is 7.92. The van der Waals surface area contributed by atoms with Crippen molar-refractivity contribution in [2.24, 2.45) is 5.73 Å². The van der Waals surface area contributed by atoms with Gasteiger partial charge in [0.15, 0.2) is 15.6 Å². The van der Waals surface area contributed by atoms with E-state index in [-0.39, 0.29) is 10.7 Å². The monoisotopic (exact) mass is 384 g/mol. The number of aromatic nitrogens is 2. The second-order valence-corrected chi connectivity index (χ2v) is 7.80. The van der Waals surface area contributed by atoms with Crippen LogP contribution in [0.2, 0.25) is 0 Å². The summed E-state index contributed by atoms with van der Waals surface area (Å²) in [4.78, 5) is 18.0. The molecule has 0 amide bonds. The van der Waals surface area contributed by atoms with Crippen LogP contribution in [0.25, 0.3) is 22.6 Å². The lowest BCUT2D eigenvalue weighted by atomic mass is 10.1. The molecule has 0 atom stereocenters. The average Bonchev–Trinajstić information content (AvgIpc) is 3.11. The third-order valence-corrected chi connectivity index (χ3v) is 5.50. The number of H-pyrrole nitrogens is 1. The maximum absolute atomic E-state index is 11.9. The summed E-state index contributed by atoms with van der Waals surface area (Å²) < 4.78 is 23.9. The number of sulfone groups is 1. The van der Waals surface area contributed by atoms with Crippen LogP contribution in [-0.2, 0) is 14.6 Å². The predicted octanol–water partition coefficient (Wildman–Crippen LogP) is 1.89. The van der Waals surface area contributed by atoms with E-state index in [1.165, 1.54) is 12.1 Å². The summed E-state index contributed by atoms with van der Waals surface area (Å²) in [5, 5.41) is 16.1. The van der Waals surface area contributed by atoms with Gasteiger partial charge < -0.3 is 15.8 Å². The van der Waals surface area contributed by atoms with Crippen LogP contribution in [0.15, 0.2) is 59.6 Å². The number of nitrogen functional groups attached to an aromatic ring is 1. The van der Waals surface area contributed by atoms with Gasteiger partial charge in [0.1, 0.15) is 11.7 Å². The molecule has 0 saturated carbocycles. The van der Waals surface area contributed by atoms with Crippen molar-refractivity contribution in [2.45, 2.75) is 4.90 Å². The van der Waals surface area contributed by atoms with E-state index in [2.05, 4.69) is 9.97 Å². The van der Waals surface area contributed by atoms with Crippen LogP contribution in [0, 0.1) is 5.41 Å². The third-order valence-electron chi connectivity index (χ3n) is 3.88. The fraction of sp³-hybridized carbons (Fsp3) is 0.0556. The average molecular weight is 384 g/mol. The molecule has 0 fully saturated rings. The number of hydrogen-bond donors (Lipinski definition) is 4. The van der Waals surface area contributed by atoms with Crippen molar-refractivity contribution >= 4 is 21.6 Å². The molecule has 5 N–H and O–H groups in total. The predicted molar refractivity (Wildman–Crippen MR) is 100 cm³/mol. The van der Waals surface area contributed by atoms with Crippen molar-refractivity contribution in [1.29, 1.82) is 5.41 Å². The highest BCUT2D eigenvalue weighted by atomic mass is 32.2. The molecule has 0 aliphatic rings. The third kappa shape index (κ3) is 4.04.